The van der Waals surface area contributed by atoms with Gasteiger partial charge < -0.3 is 0 Å². The van der Waals surface area contributed by atoms with Crippen LogP contribution in [0.3, 0.4) is 0 Å². The molecule has 4 rings (SSSR count). The summed E-state index contributed by atoms with van der Waals surface area (Å²) in [5.74, 6) is -0.374. The van der Waals surface area contributed by atoms with Crippen LogP contribution in [0.2, 0.25) is 0 Å². The van der Waals surface area contributed by atoms with E-state index in [9.17, 15) is 4.79 Å². The largest absolute Gasteiger partial charge is 0.296 e. The van der Waals surface area contributed by atoms with Crippen LogP contribution in [0.1, 0.15) is 20.9 Å². The van der Waals surface area contributed by atoms with Gasteiger partial charge >= 0.3 is 0 Å². The van der Waals surface area contributed by atoms with E-state index in [2.05, 4.69) is 35.6 Å². The average Bonchev–Trinajstić information content (AvgIpc) is 3.30. The van der Waals surface area contributed by atoms with Crippen molar-refractivity contribution in [3.05, 3.63) is 59.4 Å². The number of anilines is 1. The Labute approximate surface area is 158 Å². The van der Waals surface area contributed by atoms with Crippen molar-refractivity contribution in [3.63, 3.8) is 0 Å². The molecule has 10 heteroatoms. The third-order valence-corrected chi connectivity index (χ3v) is 4.63. The SMILES string of the molecule is Cc1ccc(-c2nc(NC(=O)c3cnnn3-c3cncnc3)sc2C)nc1. The quantitative estimate of drug-likeness (QED) is 0.580. The predicted molar refractivity (Wildman–Crippen MR) is 99.7 cm³/mol. The lowest BCUT2D eigenvalue weighted by Crippen LogP contribution is -2.17. The van der Waals surface area contributed by atoms with Crippen LogP contribution in [0.4, 0.5) is 5.13 Å². The monoisotopic (exact) mass is 378 g/mol. The lowest BCUT2D eigenvalue weighted by Gasteiger charge is -2.04. The maximum Gasteiger partial charge on any atom is 0.277 e. The van der Waals surface area contributed by atoms with Crippen molar-refractivity contribution in [1.82, 2.24) is 34.9 Å². The molecule has 4 aromatic rings. The van der Waals surface area contributed by atoms with E-state index >= 15 is 0 Å². The molecule has 1 amide bonds. The number of hydrogen-bond donors (Lipinski definition) is 1. The summed E-state index contributed by atoms with van der Waals surface area (Å²) in [4.78, 5) is 30.4. The molecular formula is C17H14N8OS. The van der Waals surface area contributed by atoms with Gasteiger partial charge in [0.15, 0.2) is 10.8 Å². The van der Waals surface area contributed by atoms with Gasteiger partial charge in [-0.1, -0.05) is 11.3 Å². The molecule has 0 radical (unpaired) electrons. The van der Waals surface area contributed by atoms with Crippen molar-refractivity contribution in [3.8, 4) is 17.1 Å². The minimum atomic E-state index is -0.374. The van der Waals surface area contributed by atoms with E-state index < -0.39 is 0 Å². The molecule has 0 atom stereocenters. The van der Waals surface area contributed by atoms with Crippen molar-refractivity contribution in [2.24, 2.45) is 0 Å². The molecule has 0 saturated heterocycles. The van der Waals surface area contributed by atoms with E-state index in [1.807, 2.05) is 26.0 Å². The number of hydrogen-bond acceptors (Lipinski definition) is 8. The molecule has 0 aliphatic heterocycles. The van der Waals surface area contributed by atoms with Gasteiger partial charge in [0.25, 0.3) is 5.91 Å². The Morgan fingerprint density at radius 1 is 1.11 bits per heavy atom. The number of rotatable bonds is 4. The van der Waals surface area contributed by atoms with Gasteiger partial charge in [0.2, 0.25) is 0 Å². The number of aromatic nitrogens is 7. The first-order valence-corrected chi connectivity index (χ1v) is 8.81. The van der Waals surface area contributed by atoms with E-state index in [1.165, 1.54) is 28.5 Å². The average molecular weight is 378 g/mol. The van der Waals surface area contributed by atoms with E-state index in [-0.39, 0.29) is 11.6 Å². The number of pyridine rings is 1. The Morgan fingerprint density at radius 2 is 1.93 bits per heavy atom. The molecule has 9 nitrogen and oxygen atoms in total. The van der Waals surface area contributed by atoms with Crippen molar-refractivity contribution >= 4 is 22.4 Å². The summed E-state index contributed by atoms with van der Waals surface area (Å²) in [5.41, 5.74) is 3.39. The molecule has 1 N–H and O–H groups in total. The highest BCUT2D eigenvalue weighted by atomic mass is 32.1. The summed E-state index contributed by atoms with van der Waals surface area (Å²) in [6, 6.07) is 3.89. The second kappa shape index (κ2) is 7.00. The van der Waals surface area contributed by atoms with Gasteiger partial charge in [-0.05, 0) is 25.5 Å². The molecule has 4 heterocycles. The van der Waals surface area contributed by atoms with Gasteiger partial charge in [0, 0.05) is 11.1 Å². The summed E-state index contributed by atoms with van der Waals surface area (Å²) in [6.07, 6.45) is 7.67. The van der Waals surface area contributed by atoms with Crippen LogP contribution in [0, 0.1) is 13.8 Å². The van der Waals surface area contributed by atoms with E-state index in [4.69, 9.17) is 0 Å². The van der Waals surface area contributed by atoms with Crippen LogP contribution in [0.15, 0.2) is 43.2 Å². The first-order valence-electron chi connectivity index (χ1n) is 7.99. The fourth-order valence-corrected chi connectivity index (χ4v) is 3.26. The topological polar surface area (TPSA) is 111 Å². The molecule has 0 aliphatic rings. The number of aryl methyl sites for hydroxylation is 2. The molecular weight excluding hydrogens is 364 g/mol. The molecule has 0 unspecified atom stereocenters. The fraction of sp³-hybridized carbons (Fsp3) is 0.118. The molecule has 0 spiro atoms. The number of carbonyl (C=O) groups excluding carboxylic acids is 1. The highest BCUT2D eigenvalue weighted by Crippen LogP contribution is 2.29. The predicted octanol–water partition coefficient (Wildman–Crippen LogP) is 2.44. The summed E-state index contributed by atoms with van der Waals surface area (Å²) in [7, 11) is 0. The minimum Gasteiger partial charge on any atom is -0.296 e. The Hall–Kier alpha value is -3.53. The normalized spacial score (nSPS) is 10.7. The Balaban J connectivity index is 1.59. The molecule has 0 aromatic carbocycles. The van der Waals surface area contributed by atoms with Gasteiger partial charge in [-0.3, -0.25) is 15.1 Å². The highest BCUT2D eigenvalue weighted by Gasteiger charge is 2.18. The number of thiazole rings is 1. The maximum absolute atomic E-state index is 12.7. The van der Waals surface area contributed by atoms with E-state index in [1.54, 1.807) is 18.6 Å². The lowest BCUT2D eigenvalue weighted by molar-refractivity contribution is 0.101. The Morgan fingerprint density at radius 3 is 2.67 bits per heavy atom. The summed E-state index contributed by atoms with van der Waals surface area (Å²) in [5, 5.41) is 11.0. The van der Waals surface area contributed by atoms with Crippen LogP contribution >= 0.6 is 11.3 Å². The number of nitrogens with zero attached hydrogens (tertiary/aromatic N) is 7. The van der Waals surface area contributed by atoms with Gasteiger partial charge in [-0.15, -0.1) is 16.4 Å². The second-order valence-electron chi connectivity index (χ2n) is 5.73. The van der Waals surface area contributed by atoms with Crippen molar-refractivity contribution in [2.75, 3.05) is 5.32 Å². The molecule has 0 saturated carbocycles. The Bertz CT molecular complexity index is 1090. The maximum atomic E-state index is 12.7. The highest BCUT2D eigenvalue weighted by molar-refractivity contribution is 7.16. The number of amides is 1. The first-order chi connectivity index (χ1) is 13.1. The zero-order chi connectivity index (χ0) is 18.8. The number of carbonyl (C=O) groups is 1. The summed E-state index contributed by atoms with van der Waals surface area (Å²) < 4.78 is 1.37. The standard InChI is InChI=1S/C17H14N8OS/c1-10-3-4-13(20-5-10)15-11(2)27-17(22-15)23-16(26)14-8-21-24-25(14)12-6-18-9-19-7-12/h3-9H,1-2H3,(H,22,23,26). The zero-order valence-electron chi connectivity index (χ0n) is 14.5. The van der Waals surface area contributed by atoms with Crippen LogP contribution in [0.5, 0.6) is 0 Å². The molecule has 0 fully saturated rings. The van der Waals surface area contributed by atoms with Gasteiger partial charge in [-0.2, -0.15) is 0 Å². The lowest BCUT2D eigenvalue weighted by atomic mass is 10.2. The fourth-order valence-electron chi connectivity index (χ4n) is 2.44. The third-order valence-electron chi connectivity index (χ3n) is 3.74. The Kier molecular flexibility index (Phi) is 4.38. The minimum absolute atomic E-state index is 0.257. The molecule has 4 aromatic heterocycles. The molecule has 0 aliphatic carbocycles. The smallest absolute Gasteiger partial charge is 0.277 e. The van der Waals surface area contributed by atoms with Crippen molar-refractivity contribution < 1.29 is 4.79 Å². The van der Waals surface area contributed by atoms with E-state index in [0.29, 0.717) is 10.8 Å². The molecule has 0 bridgehead atoms. The van der Waals surface area contributed by atoms with Gasteiger partial charge in [-0.25, -0.2) is 19.6 Å². The zero-order valence-corrected chi connectivity index (χ0v) is 15.3. The van der Waals surface area contributed by atoms with Crippen LogP contribution in [0.25, 0.3) is 17.1 Å². The van der Waals surface area contributed by atoms with Gasteiger partial charge in [0.1, 0.15) is 17.7 Å². The van der Waals surface area contributed by atoms with Crippen molar-refractivity contribution in [1.29, 1.82) is 0 Å². The third kappa shape index (κ3) is 3.42. The van der Waals surface area contributed by atoms with Crippen LogP contribution in [-0.4, -0.2) is 40.8 Å². The first kappa shape index (κ1) is 16.9. The summed E-state index contributed by atoms with van der Waals surface area (Å²) >= 11 is 1.38. The van der Waals surface area contributed by atoms with E-state index in [0.717, 1.165) is 21.8 Å². The van der Waals surface area contributed by atoms with Crippen LogP contribution in [-0.2, 0) is 0 Å². The summed E-state index contributed by atoms with van der Waals surface area (Å²) in [6.45, 7) is 3.92. The molecule has 134 valence electrons. The number of nitrogens with one attached hydrogen (secondary N) is 1. The second-order valence-corrected chi connectivity index (χ2v) is 6.93. The molecule has 27 heavy (non-hydrogen) atoms. The van der Waals surface area contributed by atoms with Crippen LogP contribution < -0.4 is 5.32 Å². The van der Waals surface area contributed by atoms with Crippen molar-refractivity contribution in [2.45, 2.75) is 13.8 Å². The van der Waals surface area contributed by atoms with Gasteiger partial charge in [0.05, 0.1) is 24.3 Å².